The number of guanidine groups is 1. The van der Waals surface area contributed by atoms with Gasteiger partial charge in [0.15, 0.2) is 5.96 Å². The maximum absolute atomic E-state index is 4.40. The molecule has 0 fully saturated rings. The second-order valence-corrected chi connectivity index (χ2v) is 4.37. The molecule has 0 aromatic rings. The molecule has 1 aliphatic heterocycles. The second kappa shape index (κ2) is 5.20. The summed E-state index contributed by atoms with van der Waals surface area (Å²) < 4.78 is 0. The molecule has 1 aliphatic rings. The van der Waals surface area contributed by atoms with Crippen molar-refractivity contribution in [1.29, 1.82) is 0 Å². The number of nitrogens with one attached hydrogen (secondary N) is 2. The van der Waals surface area contributed by atoms with E-state index in [1.165, 1.54) is 0 Å². The van der Waals surface area contributed by atoms with Crippen LogP contribution in [-0.4, -0.2) is 50.1 Å². The number of nitrogens with zero attached hydrogens (tertiary/aromatic N) is 2. The van der Waals surface area contributed by atoms with Crippen molar-refractivity contribution < 1.29 is 0 Å². The van der Waals surface area contributed by atoms with Crippen molar-refractivity contribution in [3.8, 4) is 0 Å². The molecule has 0 amide bonds. The van der Waals surface area contributed by atoms with E-state index in [0.29, 0.717) is 12.1 Å². The van der Waals surface area contributed by atoms with Crippen LogP contribution in [0.15, 0.2) is 4.99 Å². The molecule has 82 valence electrons. The van der Waals surface area contributed by atoms with Crippen LogP contribution >= 0.6 is 0 Å². The van der Waals surface area contributed by atoms with Crippen molar-refractivity contribution in [3.63, 3.8) is 0 Å². The van der Waals surface area contributed by atoms with Gasteiger partial charge in [-0.05, 0) is 34.4 Å². The van der Waals surface area contributed by atoms with E-state index in [2.05, 4.69) is 48.5 Å². The molecular formula is C10H22N4. The molecule has 1 heterocycles. The van der Waals surface area contributed by atoms with Crippen molar-refractivity contribution >= 4 is 5.96 Å². The van der Waals surface area contributed by atoms with E-state index in [1.807, 2.05) is 0 Å². The maximum Gasteiger partial charge on any atom is 0.191 e. The largest absolute Gasteiger partial charge is 0.354 e. The number of hydrogen-bond acceptors (Lipinski definition) is 4. The summed E-state index contributed by atoms with van der Waals surface area (Å²) in [6.45, 7) is 6.32. The van der Waals surface area contributed by atoms with Crippen LogP contribution in [0.5, 0.6) is 0 Å². The van der Waals surface area contributed by atoms with Crippen molar-refractivity contribution in [2.45, 2.75) is 32.4 Å². The van der Waals surface area contributed by atoms with E-state index >= 15 is 0 Å². The third-order valence-corrected chi connectivity index (χ3v) is 2.24. The van der Waals surface area contributed by atoms with Gasteiger partial charge in [-0.2, -0.15) is 0 Å². The van der Waals surface area contributed by atoms with Crippen LogP contribution in [-0.2, 0) is 0 Å². The lowest BCUT2D eigenvalue weighted by atomic mass is 10.2. The van der Waals surface area contributed by atoms with Gasteiger partial charge in [0, 0.05) is 25.2 Å². The van der Waals surface area contributed by atoms with Crippen molar-refractivity contribution in [2.24, 2.45) is 4.99 Å². The summed E-state index contributed by atoms with van der Waals surface area (Å²) in [6, 6.07) is 0.975. The summed E-state index contributed by atoms with van der Waals surface area (Å²) in [5.74, 6) is 0.957. The highest BCUT2D eigenvalue weighted by molar-refractivity contribution is 5.80. The minimum Gasteiger partial charge on any atom is -0.354 e. The Bertz CT molecular complexity index is 200. The van der Waals surface area contributed by atoms with Crippen LogP contribution in [0.3, 0.4) is 0 Å². The minimum absolute atomic E-state index is 0.432. The van der Waals surface area contributed by atoms with Crippen molar-refractivity contribution in [3.05, 3.63) is 0 Å². The normalized spacial score (nSPS) is 24.1. The first-order valence-electron chi connectivity index (χ1n) is 5.30. The van der Waals surface area contributed by atoms with E-state index in [0.717, 1.165) is 25.5 Å². The topological polar surface area (TPSA) is 39.7 Å². The molecule has 0 saturated heterocycles. The molecule has 0 bridgehead atoms. The van der Waals surface area contributed by atoms with Gasteiger partial charge < -0.3 is 15.5 Å². The lowest BCUT2D eigenvalue weighted by molar-refractivity contribution is 0.367. The van der Waals surface area contributed by atoms with Gasteiger partial charge in [-0.1, -0.05) is 0 Å². The lowest BCUT2D eigenvalue weighted by Crippen LogP contribution is -2.50. The van der Waals surface area contributed by atoms with Crippen LogP contribution < -0.4 is 10.6 Å². The van der Waals surface area contributed by atoms with E-state index in [-0.39, 0.29) is 0 Å². The molecule has 0 aliphatic carbocycles. The molecule has 4 nitrogen and oxygen atoms in total. The van der Waals surface area contributed by atoms with Crippen molar-refractivity contribution in [1.82, 2.24) is 15.5 Å². The van der Waals surface area contributed by atoms with Gasteiger partial charge in [0.25, 0.3) is 0 Å². The number of rotatable bonds is 3. The van der Waals surface area contributed by atoms with Gasteiger partial charge in [-0.25, -0.2) is 0 Å². The standard InChI is InChI=1S/C10H22N4/c1-8-5-6-11-10(12-8)13-9(2)7-14(3)4/h8-9H,5-7H2,1-4H3,(H2,11,12,13)/t8?,9-/m0/s1. The molecule has 0 saturated carbocycles. The Labute approximate surface area is 86.8 Å². The summed E-state index contributed by atoms with van der Waals surface area (Å²) in [5.41, 5.74) is 0. The zero-order valence-corrected chi connectivity index (χ0v) is 9.67. The van der Waals surface area contributed by atoms with Crippen LogP contribution in [0.25, 0.3) is 0 Å². The average Bonchev–Trinajstić information content (AvgIpc) is 2.01. The van der Waals surface area contributed by atoms with Crippen LogP contribution in [0, 0.1) is 0 Å². The quantitative estimate of drug-likeness (QED) is 0.683. The number of hydrogen-bond donors (Lipinski definition) is 2. The molecule has 0 radical (unpaired) electrons. The Kier molecular flexibility index (Phi) is 4.20. The van der Waals surface area contributed by atoms with Crippen molar-refractivity contribution in [2.75, 3.05) is 27.2 Å². The van der Waals surface area contributed by atoms with E-state index in [1.54, 1.807) is 0 Å². The highest BCUT2D eigenvalue weighted by Gasteiger charge is 2.12. The first-order valence-corrected chi connectivity index (χ1v) is 5.30. The third kappa shape index (κ3) is 3.96. The summed E-state index contributed by atoms with van der Waals surface area (Å²) in [6.07, 6.45) is 1.13. The Morgan fingerprint density at radius 1 is 1.64 bits per heavy atom. The molecule has 0 spiro atoms. The Balaban J connectivity index is 2.32. The van der Waals surface area contributed by atoms with E-state index < -0.39 is 0 Å². The zero-order valence-electron chi connectivity index (χ0n) is 9.67. The fraction of sp³-hybridized carbons (Fsp3) is 0.900. The summed E-state index contributed by atoms with van der Waals surface area (Å²) in [4.78, 5) is 6.57. The van der Waals surface area contributed by atoms with Gasteiger partial charge in [-0.15, -0.1) is 0 Å². The Morgan fingerprint density at radius 3 is 2.93 bits per heavy atom. The highest BCUT2D eigenvalue weighted by Crippen LogP contribution is 1.97. The van der Waals surface area contributed by atoms with Gasteiger partial charge in [0.05, 0.1) is 0 Å². The molecule has 4 heteroatoms. The number of likely N-dealkylation sites (N-methyl/N-ethyl adjacent to an activating group) is 1. The third-order valence-electron chi connectivity index (χ3n) is 2.24. The average molecular weight is 198 g/mol. The summed E-state index contributed by atoms with van der Waals surface area (Å²) in [5, 5.41) is 6.72. The molecule has 1 unspecified atom stereocenters. The van der Waals surface area contributed by atoms with Gasteiger partial charge in [-0.3, -0.25) is 4.99 Å². The molecular weight excluding hydrogens is 176 g/mol. The number of aliphatic imine (C=N–C) groups is 1. The molecule has 2 atom stereocenters. The Hall–Kier alpha value is -0.770. The SMILES string of the molecule is CC1CCN=C(N[C@@H](C)CN(C)C)N1. The first kappa shape index (κ1) is 11.3. The molecule has 14 heavy (non-hydrogen) atoms. The monoisotopic (exact) mass is 198 g/mol. The summed E-state index contributed by atoms with van der Waals surface area (Å²) in [7, 11) is 4.16. The fourth-order valence-corrected chi connectivity index (χ4v) is 1.64. The fourth-order valence-electron chi connectivity index (χ4n) is 1.64. The summed E-state index contributed by atoms with van der Waals surface area (Å²) >= 11 is 0. The zero-order chi connectivity index (χ0) is 10.6. The molecule has 0 aromatic heterocycles. The smallest absolute Gasteiger partial charge is 0.191 e. The first-order chi connectivity index (χ1) is 6.58. The molecule has 1 rings (SSSR count). The van der Waals surface area contributed by atoms with E-state index in [4.69, 9.17) is 0 Å². The molecule has 0 aromatic carbocycles. The van der Waals surface area contributed by atoms with Crippen LogP contribution in [0.1, 0.15) is 20.3 Å². The van der Waals surface area contributed by atoms with Crippen LogP contribution in [0.4, 0.5) is 0 Å². The predicted molar refractivity (Wildman–Crippen MR) is 60.7 cm³/mol. The van der Waals surface area contributed by atoms with Crippen LogP contribution in [0.2, 0.25) is 0 Å². The predicted octanol–water partition coefficient (Wildman–Crippen LogP) is 0.264. The van der Waals surface area contributed by atoms with Gasteiger partial charge in [0.1, 0.15) is 0 Å². The van der Waals surface area contributed by atoms with E-state index in [9.17, 15) is 0 Å². The van der Waals surface area contributed by atoms with Gasteiger partial charge >= 0.3 is 0 Å². The second-order valence-electron chi connectivity index (χ2n) is 4.37. The van der Waals surface area contributed by atoms with Gasteiger partial charge in [0.2, 0.25) is 0 Å². The highest BCUT2D eigenvalue weighted by atomic mass is 15.2. The minimum atomic E-state index is 0.432. The maximum atomic E-state index is 4.40. The Morgan fingerprint density at radius 2 is 2.36 bits per heavy atom. The molecule has 2 N–H and O–H groups in total. The lowest BCUT2D eigenvalue weighted by Gasteiger charge is -2.26.